The summed E-state index contributed by atoms with van der Waals surface area (Å²) in [5.41, 5.74) is 0. The summed E-state index contributed by atoms with van der Waals surface area (Å²) in [7, 11) is 3.20. The molecule has 1 aromatic rings. The highest BCUT2D eigenvalue weighted by molar-refractivity contribution is 5.69. The van der Waals surface area contributed by atoms with Gasteiger partial charge in [-0.05, 0) is 7.05 Å². The third kappa shape index (κ3) is 2.55. The van der Waals surface area contributed by atoms with Gasteiger partial charge < -0.3 is 14.6 Å². The van der Waals surface area contributed by atoms with E-state index in [1.165, 1.54) is 7.11 Å². The maximum atomic E-state index is 10.9. The van der Waals surface area contributed by atoms with Gasteiger partial charge in [0.15, 0.2) is 0 Å². The first-order valence-electron chi connectivity index (χ1n) is 3.99. The Kier molecular flexibility index (Phi) is 3.45. The van der Waals surface area contributed by atoms with E-state index < -0.39 is 0 Å². The number of carbonyl (C=O) groups excluding carboxylic acids is 1. The molecule has 72 valence electrons. The summed E-state index contributed by atoms with van der Waals surface area (Å²) in [5.74, 6) is 0.559. The molecule has 13 heavy (non-hydrogen) atoms. The van der Waals surface area contributed by atoms with Crippen molar-refractivity contribution < 1.29 is 9.53 Å². The van der Waals surface area contributed by atoms with Crippen molar-refractivity contribution in [2.45, 2.75) is 13.1 Å². The fraction of sp³-hybridized carbons (Fsp3) is 0.500. The minimum atomic E-state index is -0.268. The second-order valence-corrected chi connectivity index (χ2v) is 2.58. The Bertz CT molecular complexity index is 283. The summed E-state index contributed by atoms with van der Waals surface area (Å²) in [6.07, 6.45) is 3.42. The van der Waals surface area contributed by atoms with Gasteiger partial charge in [0.1, 0.15) is 12.4 Å². The van der Waals surface area contributed by atoms with Crippen LogP contribution in [0.4, 0.5) is 0 Å². The van der Waals surface area contributed by atoms with Crippen LogP contribution in [0.5, 0.6) is 0 Å². The fourth-order valence-corrected chi connectivity index (χ4v) is 1.01. The van der Waals surface area contributed by atoms with Crippen molar-refractivity contribution in [3.8, 4) is 0 Å². The van der Waals surface area contributed by atoms with Gasteiger partial charge in [0, 0.05) is 12.4 Å². The van der Waals surface area contributed by atoms with Gasteiger partial charge in [0.2, 0.25) is 0 Å². The lowest BCUT2D eigenvalue weighted by molar-refractivity contribution is -0.141. The number of nitrogens with zero attached hydrogens (tertiary/aromatic N) is 2. The van der Waals surface area contributed by atoms with Crippen molar-refractivity contribution in [2.75, 3.05) is 14.2 Å². The Morgan fingerprint density at radius 2 is 2.54 bits per heavy atom. The summed E-state index contributed by atoms with van der Waals surface area (Å²) in [6, 6.07) is 0. The molecule has 1 heterocycles. The van der Waals surface area contributed by atoms with Crippen LogP contribution in [-0.4, -0.2) is 29.7 Å². The van der Waals surface area contributed by atoms with Crippen molar-refractivity contribution in [1.29, 1.82) is 0 Å². The Balaban J connectivity index is 2.64. The molecule has 5 nitrogen and oxygen atoms in total. The highest BCUT2D eigenvalue weighted by Crippen LogP contribution is 1.97. The molecule has 0 aliphatic rings. The number of esters is 1. The van der Waals surface area contributed by atoms with E-state index in [0.717, 1.165) is 5.82 Å². The van der Waals surface area contributed by atoms with E-state index in [9.17, 15) is 4.79 Å². The van der Waals surface area contributed by atoms with E-state index >= 15 is 0 Å². The van der Waals surface area contributed by atoms with E-state index in [0.29, 0.717) is 6.54 Å². The Labute approximate surface area is 76.7 Å². The Morgan fingerprint density at radius 3 is 3.15 bits per heavy atom. The van der Waals surface area contributed by atoms with Crippen LogP contribution in [0.15, 0.2) is 12.4 Å². The third-order valence-corrected chi connectivity index (χ3v) is 1.66. The van der Waals surface area contributed by atoms with Gasteiger partial charge in [-0.1, -0.05) is 0 Å². The van der Waals surface area contributed by atoms with Crippen molar-refractivity contribution in [1.82, 2.24) is 14.9 Å². The first-order chi connectivity index (χ1) is 6.27. The van der Waals surface area contributed by atoms with Crippen LogP contribution in [0.2, 0.25) is 0 Å². The number of aromatic nitrogens is 2. The van der Waals surface area contributed by atoms with Crippen LogP contribution in [0.1, 0.15) is 5.82 Å². The summed E-state index contributed by atoms with van der Waals surface area (Å²) < 4.78 is 6.30. The average molecular weight is 183 g/mol. The zero-order valence-corrected chi connectivity index (χ0v) is 7.78. The number of rotatable bonds is 4. The molecule has 0 saturated carbocycles. The zero-order chi connectivity index (χ0) is 9.68. The number of nitrogens with one attached hydrogen (secondary N) is 1. The van der Waals surface area contributed by atoms with Crippen LogP contribution in [0, 0.1) is 0 Å². The molecule has 0 aromatic carbocycles. The van der Waals surface area contributed by atoms with Gasteiger partial charge in [0.25, 0.3) is 0 Å². The third-order valence-electron chi connectivity index (χ3n) is 1.66. The highest BCUT2D eigenvalue weighted by Gasteiger charge is 2.05. The van der Waals surface area contributed by atoms with Crippen LogP contribution in [0.25, 0.3) is 0 Å². The standard InChI is InChI=1S/C8H13N3O2/c1-9-5-7-10-3-4-11(7)6-8(12)13-2/h3-4,9H,5-6H2,1-2H3. The molecule has 0 fully saturated rings. The predicted octanol–water partition coefficient (Wildman–Crippen LogP) is -0.225. The largest absolute Gasteiger partial charge is 0.468 e. The van der Waals surface area contributed by atoms with E-state index in [1.807, 2.05) is 7.05 Å². The summed E-state index contributed by atoms with van der Waals surface area (Å²) in [5, 5.41) is 2.97. The van der Waals surface area contributed by atoms with Crippen molar-refractivity contribution in [2.24, 2.45) is 0 Å². The van der Waals surface area contributed by atoms with E-state index in [2.05, 4.69) is 15.0 Å². The molecule has 0 unspecified atom stereocenters. The van der Waals surface area contributed by atoms with Crippen LogP contribution in [0.3, 0.4) is 0 Å². The summed E-state index contributed by atoms with van der Waals surface area (Å²) in [4.78, 5) is 15.0. The molecular formula is C8H13N3O2. The molecular weight excluding hydrogens is 170 g/mol. The van der Waals surface area contributed by atoms with E-state index in [4.69, 9.17) is 0 Å². The topological polar surface area (TPSA) is 56.2 Å². The second-order valence-electron chi connectivity index (χ2n) is 2.58. The monoisotopic (exact) mass is 183 g/mol. The van der Waals surface area contributed by atoms with Crippen molar-refractivity contribution in [3.05, 3.63) is 18.2 Å². The lowest BCUT2D eigenvalue weighted by atomic mass is 10.5. The lowest BCUT2D eigenvalue weighted by Crippen LogP contribution is -2.17. The Hall–Kier alpha value is -1.36. The lowest BCUT2D eigenvalue weighted by Gasteiger charge is -2.05. The highest BCUT2D eigenvalue weighted by atomic mass is 16.5. The normalized spacial score (nSPS) is 10.0. The van der Waals surface area contributed by atoms with Gasteiger partial charge in [-0.2, -0.15) is 0 Å². The molecule has 0 bridgehead atoms. The molecule has 0 spiro atoms. The van der Waals surface area contributed by atoms with Gasteiger partial charge in [-0.25, -0.2) is 4.98 Å². The molecule has 0 aliphatic heterocycles. The van der Waals surface area contributed by atoms with Crippen LogP contribution < -0.4 is 5.32 Å². The predicted molar refractivity (Wildman–Crippen MR) is 47.0 cm³/mol. The van der Waals surface area contributed by atoms with Gasteiger partial charge in [-0.3, -0.25) is 4.79 Å². The molecule has 0 aliphatic carbocycles. The van der Waals surface area contributed by atoms with E-state index in [1.54, 1.807) is 17.0 Å². The molecule has 0 saturated heterocycles. The first-order valence-corrected chi connectivity index (χ1v) is 3.99. The van der Waals surface area contributed by atoms with Gasteiger partial charge >= 0.3 is 5.97 Å². The van der Waals surface area contributed by atoms with Gasteiger partial charge in [-0.15, -0.1) is 0 Å². The smallest absolute Gasteiger partial charge is 0.325 e. The van der Waals surface area contributed by atoms with Crippen molar-refractivity contribution >= 4 is 5.97 Å². The number of carbonyl (C=O) groups is 1. The molecule has 1 rings (SSSR count). The Morgan fingerprint density at radius 1 is 1.77 bits per heavy atom. The molecule has 0 radical (unpaired) electrons. The van der Waals surface area contributed by atoms with Crippen LogP contribution >= 0.6 is 0 Å². The SMILES string of the molecule is CNCc1nccn1CC(=O)OC. The second kappa shape index (κ2) is 4.61. The molecule has 1 N–H and O–H groups in total. The fourth-order valence-electron chi connectivity index (χ4n) is 1.01. The quantitative estimate of drug-likeness (QED) is 0.655. The summed E-state index contributed by atoms with van der Waals surface area (Å²) >= 11 is 0. The zero-order valence-electron chi connectivity index (χ0n) is 7.78. The molecule has 0 atom stereocenters. The summed E-state index contributed by atoms with van der Waals surface area (Å²) in [6.45, 7) is 0.859. The van der Waals surface area contributed by atoms with E-state index in [-0.39, 0.29) is 12.5 Å². The van der Waals surface area contributed by atoms with Gasteiger partial charge in [0.05, 0.1) is 13.7 Å². The van der Waals surface area contributed by atoms with Crippen molar-refractivity contribution in [3.63, 3.8) is 0 Å². The molecule has 0 amide bonds. The average Bonchev–Trinajstić information content (AvgIpc) is 2.54. The number of hydrogen-bond acceptors (Lipinski definition) is 4. The molecule has 5 heteroatoms. The van der Waals surface area contributed by atoms with Crippen LogP contribution in [-0.2, 0) is 22.6 Å². The first kappa shape index (κ1) is 9.73. The number of methoxy groups -OCH3 is 1. The number of ether oxygens (including phenoxy) is 1. The molecule has 1 aromatic heterocycles. The maximum Gasteiger partial charge on any atom is 0.325 e. The number of hydrogen-bond donors (Lipinski definition) is 1. The minimum Gasteiger partial charge on any atom is -0.468 e. The maximum absolute atomic E-state index is 10.9. The number of imidazole rings is 1. The minimum absolute atomic E-state index is 0.216.